The average molecular weight is 467 g/mol. The summed E-state index contributed by atoms with van der Waals surface area (Å²) in [5.41, 5.74) is 1.86. The van der Waals surface area contributed by atoms with Crippen LogP contribution in [0.5, 0.6) is 0 Å². The van der Waals surface area contributed by atoms with Gasteiger partial charge in [-0.25, -0.2) is 4.98 Å². The van der Waals surface area contributed by atoms with Crippen LogP contribution in [0, 0.1) is 16.0 Å². The second-order valence-electron chi connectivity index (χ2n) is 7.64. The number of carbonyl (C=O) groups is 2. The molecule has 1 saturated heterocycles. The molecule has 3 aromatic rings. The van der Waals surface area contributed by atoms with E-state index in [1.165, 1.54) is 23.5 Å². The Kier molecular flexibility index (Phi) is 6.89. The number of hydrogen-bond acceptors (Lipinski definition) is 8. The lowest BCUT2D eigenvalue weighted by Crippen LogP contribution is -2.45. The van der Waals surface area contributed by atoms with E-state index in [1.54, 1.807) is 34.8 Å². The molecule has 3 heterocycles. The highest BCUT2D eigenvalue weighted by Gasteiger charge is 2.29. The second kappa shape index (κ2) is 10.2. The molecule has 2 aromatic heterocycles. The number of rotatable bonds is 7. The molecule has 33 heavy (non-hydrogen) atoms. The Morgan fingerprint density at radius 1 is 1.24 bits per heavy atom. The van der Waals surface area contributed by atoms with Crippen molar-refractivity contribution in [2.75, 3.05) is 18.4 Å². The number of nitro benzene ring substituents is 1. The summed E-state index contributed by atoms with van der Waals surface area (Å²) in [5.74, 6) is -0.557. The number of piperidine rings is 1. The number of hydrogen-bond donors (Lipinski definition) is 2. The third kappa shape index (κ3) is 5.69. The highest BCUT2D eigenvalue weighted by Crippen LogP contribution is 2.25. The molecule has 10 nitrogen and oxygen atoms in total. The van der Waals surface area contributed by atoms with E-state index in [0.29, 0.717) is 36.1 Å². The molecular formula is C22H22N6O4S. The van der Waals surface area contributed by atoms with Gasteiger partial charge in [0, 0.05) is 55.2 Å². The van der Waals surface area contributed by atoms with Crippen molar-refractivity contribution in [1.29, 1.82) is 0 Å². The molecule has 0 aliphatic carbocycles. The van der Waals surface area contributed by atoms with Crippen molar-refractivity contribution < 1.29 is 14.5 Å². The van der Waals surface area contributed by atoms with Crippen molar-refractivity contribution in [3.63, 3.8) is 0 Å². The number of nitrogens with zero attached hydrogens (tertiary/aromatic N) is 4. The first-order valence-electron chi connectivity index (χ1n) is 10.4. The number of thiazole rings is 1. The molecule has 4 rings (SSSR count). The molecule has 1 aliphatic rings. The normalized spacial score (nSPS) is 15.6. The maximum atomic E-state index is 13.0. The molecule has 1 aliphatic heterocycles. The summed E-state index contributed by atoms with van der Waals surface area (Å²) in [7, 11) is 0. The first-order valence-corrected chi connectivity index (χ1v) is 11.3. The SMILES string of the molecule is O=C(NCc1cccnc1)C1CCCN(C(=O)c2csc(Nc3ccc([N+](=O)[O-])cc3)n2)C1. The first kappa shape index (κ1) is 22.3. The van der Waals surface area contributed by atoms with E-state index in [1.807, 2.05) is 12.1 Å². The molecular weight excluding hydrogens is 444 g/mol. The van der Waals surface area contributed by atoms with E-state index in [4.69, 9.17) is 0 Å². The summed E-state index contributed by atoms with van der Waals surface area (Å²) in [5, 5.41) is 18.9. The van der Waals surface area contributed by atoms with Gasteiger partial charge in [0.05, 0.1) is 10.8 Å². The maximum Gasteiger partial charge on any atom is 0.273 e. The standard InChI is InChI=1S/C22H22N6O4S/c29-20(24-12-15-3-1-9-23-11-15)16-4-2-10-27(13-16)21(30)19-14-33-22(26-19)25-17-5-7-18(8-6-17)28(31)32/h1,3,5-9,11,14,16H,2,4,10,12-13H2,(H,24,29)(H,25,26). The van der Waals surface area contributed by atoms with Gasteiger partial charge in [-0.3, -0.25) is 24.7 Å². The number of amides is 2. The van der Waals surface area contributed by atoms with Crippen LogP contribution in [0.4, 0.5) is 16.5 Å². The summed E-state index contributed by atoms with van der Waals surface area (Å²) in [6, 6.07) is 9.68. The lowest BCUT2D eigenvalue weighted by molar-refractivity contribution is -0.384. The highest BCUT2D eigenvalue weighted by molar-refractivity contribution is 7.14. The summed E-state index contributed by atoms with van der Waals surface area (Å²) in [6.07, 6.45) is 4.87. The van der Waals surface area contributed by atoms with Gasteiger partial charge in [-0.2, -0.15) is 0 Å². The first-order chi connectivity index (χ1) is 16.0. The molecule has 11 heteroatoms. The summed E-state index contributed by atoms with van der Waals surface area (Å²) in [6.45, 7) is 1.33. The molecule has 0 saturated carbocycles. The van der Waals surface area contributed by atoms with Gasteiger partial charge in [0.1, 0.15) is 5.69 Å². The summed E-state index contributed by atoms with van der Waals surface area (Å²) < 4.78 is 0. The largest absolute Gasteiger partial charge is 0.352 e. The number of nitro groups is 1. The zero-order valence-electron chi connectivity index (χ0n) is 17.6. The van der Waals surface area contributed by atoms with E-state index in [0.717, 1.165) is 18.4 Å². The molecule has 1 unspecified atom stereocenters. The number of non-ortho nitro benzene ring substituents is 1. The van der Waals surface area contributed by atoms with Gasteiger partial charge in [-0.1, -0.05) is 6.07 Å². The van der Waals surface area contributed by atoms with Crippen molar-refractivity contribution in [2.24, 2.45) is 5.92 Å². The summed E-state index contributed by atoms with van der Waals surface area (Å²) >= 11 is 1.27. The van der Waals surface area contributed by atoms with E-state index >= 15 is 0 Å². The third-order valence-corrected chi connectivity index (χ3v) is 6.08. The Bertz CT molecular complexity index is 1140. The molecule has 2 N–H and O–H groups in total. The molecule has 1 fully saturated rings. The van der Waals surface area contributed by atoms with Gasteiger partial charge < -0.3 is 15.5 Å². The average Bonchev–Trinajstić information content (AvgIpc) is 3.31. The van der Waals surface area contributed by atoms with Crippen LogP contribution in [0.15, 0.2) is 54.2 Å². The van der Waals surface area contributed by atoms with Crippen LogP contribution in [0.1, 0.15) is 28.9 Å². The molecule has 1 atom stereocenters. The lowest BCUT2D eigenvalue weighted by atomic mass is 9.97. The third-order valence-electron chi connectivity index (χ3n) is 5.32. The number of carbonyl (C=O) groups excluding carboxylic acids is 2. The summed E-state index contributed by atoms with van der Waals surface area (Å²) in [4.78, 5) is 46.0. The quantitative estimate of drug-likeness (QED) is 0.403. The van der Waals surface area contributed by atoms with Gasteiger partial charge in [0.15, 0.2) is 5.13 Å². The van der Waals surface area contributed by atoms with Gasteiger partial charge >= 0.3 is 0 Å². The van der Waals surface area contributed by atoms with Crippen LogP contribution in [0.25, 0.3) is 0 Å². The lowest BCUT2D eigenvalue weighted by Gasteiger charge is -2.31. The molecule has 1 aromatic carbocycles. The number of likely N-dealkylation sites (tertiary alicyclic amines) is 1. The number of pyridine rings is 1. The van der Waals surface area contributed by atoms with Crippen LogP contribution in [-0.2, 0) is 11.3 Å². The molecule has 0 spiro atoms. The van der Waals surface area contributed by atoms with Crippen molar-refractivity contribution in [1.82, 2.24) is 20.2 Å². The fourth-order valence-electron chi connectivity index (χ4n) is 3.59. The van der Waals surface area contributed by atoms with E-state index in [-0.39, 0.29) is 23.4 Å². The number of nitrogens with one attached hydrogen (secondary N) is 2. The van der Waals surface area contributed by atoms with Crippen LogP contribution >= 0.6 is 11.3 Å². The van der Waals surface area contributed by atoms with Gasteiger partial charge in [0.2, 0.25) is 5.91 Å². The Balaban J connectivity index is 1.33. The minimum atomic E-state index is -0.463. The van der Waals surface area contributed by atoms with Crippen molar-refractivity contribution in [3.05, 3.63) is 75.5 Å². The van der Waals surface area contributed by atoms with E-state index in [9.17, 15) is 19.7 Å². The van der Waals surface area contributed by atoms with Gasteiger partial charge in [-0.05, 0) is 36.6 Å². The minimum absolute atomic E-state index is 0.000296. The monoisotopic (exact) mass is 466 g/mol. The Hall–Kier alpha value is -3.86. The second-order valence-corrected chi connectivity index (χ2v) is 8.49. The highest BCUT2D eigenvalue weighted by atomic mass is 32.1. The predicted molar refractivity (Wildman–Crippen MR) is 123 cm³/mol. The zero-order chi connectivity index (χ0) is 23.2. The van der Waals surface area contributed by atoms with Crippen molar-refractivity contribution in [2.45, 2.75) is 19.4 Å². The van der Waals surface area contributed by atoms with Crippen LogP contribution in [0.2, 0.25) is 0 Å². The fraction of sp³-hybridized carbons (Fsp3) is 0.273. The molecule has 0 radical (unpaired) electrons. The Morgan fingerprint density at radius 3 is 2.79 bits per heavy atom. The van der Waals surface area contributed by atoms with Crippen LogP contribution in [0.3, 0.4) is 0 Å². The maximum absolute atomic E-state index is 13.0. The Morgan fingerprint density at radius 2 is 2.06 bits per heavy atom. The number of anilines is 2. The molecule has 0 bridgehead atoms. The number of aromatic nitrogens is 2. The van der Waals surface area contributed by atoms with Gasteiger partial charge in [-0.15, -0.1) is 11.3 Å². The van der Waals surface area contributed by atoms with E-state index in [2.05, 4.69) is 20.6 Å². The predicted octanol–water partition coefficient (Wildman–Crippen LogP) is 3.36. The van der Waals surface area contributed by atoms with Gasteiger partial charge in [0.25, 0.3) is 11.6 Å². The zero-order valence-corrected chi connectivity index (χ0v) is 18.5. The minimum Gasteiger partial charge on any atom is -0.352 e. The van der Waals surface area contributed by atoms with Crippen LogP contribution in [-0.4, -0.2) is 44.7 Å². The van der Waals surface area contributed by atoms with Crippen LogP contribution < -0.4 is 10.6 Å². The van der Waals surface area contributed by atoms with E-state index < -0.39 is 4.92 Å². The van der Waals surface area contributed by atoms with Crippen molar-refractivity contribution in [3.8, 4) is 0 Å². The smallest absolute Gasteiger partial charge is 0.273 e. The molecule has 2 amide bonds. The fourth-order valence-corrected chi connectivity index (χ4v) is 4.30. The van der Waals surface area contributed by atoms with Crippen molar-refractivity contribution >= 4 is 39.7 Å². The Labute approximate surface area is 193 Å². The topological polar surface area (TPSA) is 130 Å². The number of benzene rings is 1. The molecule has 170 valence electrons.